The summed E-state index contributed by atoms with van der Waals surface area (Å²) in [7, 11) is 0. The normalized spacial score (nSPS) is 17.0. The van der Waals surface area contributed by atoms with Gasteiger partial charge in [-0.25, -0.2) is 0 Å². The maximum atomic E-state index is 2.63. The highest BCUT2D eigenvalue weighted by atomic mass is 15.4. The average molecular weight is 351 g/mol. The predicted molar refractivity (Wildman–Crippen MR) is 113 cm³/mol. The zero-order chi connectivity index (χ0) is 18.2. The van der Waals surface area contributed by atoms with Crippen LogP contribution in [0.5, 0.6) is 0 Å². The fourth-order valence-corrected chi connectivity index (χ4v) is 3.96. The predicted octanol–water partition coefficient (Wildman–Crippen LogP) is 7.31. The molecule has 0 bridgehead atoms. The Morgan fingerprint density at radius 3 is 1.56 bits per heavy atom. The molecule has 0 N–H and O–H groups in total. The molecule has 2 heteroatoms. The van der Waals surface area contributed by atoms with Gasteiger partial charge in [0.05, 0.1) is 0 Å². The summed E-state index contributed by atoms with van der Waals surface area (Å²) >= 11 is 0. The first-order valence-corrected chi connectivity index (χ1v) is 11.5. The summed E-state index contributed by atoms with van der Waals surface area (Å²) in [5.41, 5.74) is 0. The standard InChI is InChI=1S/C23H46N2/c1-4-7-9-11-13-15-17-20-25-22-21-24(19-6-3)23(25)18-16-14-12-10-8-5-2/h21-23H,4-20H2,1-3H3. The molecule has 0 saturated heterocycles. The molecule has 0 spiro atoms. The second-order valence-corrected chi connectivity index (χ2v) is 7.93. The molecule has 25 heavy (non-hydrogen) atoms. The Balaban J connectivity index is 2.21. The van der Waals surface area contributed by atoms with Gasteiger partial charge in [0.2, 0.25) is 0 Å². The molecule has 0 aliphatic carbocycles. The second-order valence-electron chi connectivity index (χ2n) is 7.93. The van der Waals surface area contributed by atoms with Crippen LogP contribution in [-0.2, 0) is 0 Å². The molecule has 2 nitrogen and oxygen atoms in total. The Bertz CT molecular complexity index is 313. The van der Waals surface area contributed by atoms with E-state index in [0.717, 1.165) is 0 Å². The summed E-state index contributed by atoms with van der Waals surface area (Å²) in [6.07, 6.45) is 26.2. The van der Waals surface area contributed by atoms with Crippen molar-refractivity contribution in [3.05, 3.63) is 12.4 Å². The maximum absolute atomic E-state index is 2.63. The van der Waals surface area contributed by atoms with Crippen molar-refractivity contribution in [1.82, 2.24) is 9.80 Å². The molecule has 0 aromatic carbocycles. The first-order chi connectivity index (χ1) is 12.3. The van der Waals surface area contributed by atoms with Gasteiger partial charge in [0, 0.05) is 25.5 Å². The van der Waals surface area contributed by atoms with Crippen molar-refractivity contribution in [1.29, 1.82) is 0 Å². The van der Waals surface area contributed by atoms with Crippen LogP contribution in [0, 0.1) is 0 Å². The molecule has 0 aromatic heterocycles. The Morgan fingerprint density at radius 2 is 1.00 bits per heavy atom. The van der Waals surface area contributed by atoms with Gasteiger partial charge in [0.25, 0.3) is 0 Å². The largest absolute Gasteiger partial charge is 0.356 e. The van der Waals surface area contributed by atoms with E-state index in [1.807, 2.05) is 0 Å². The average Bonchev–Trinajstić information content (AvgIpc) is 2.99. The summed E-state index contributed by atoms with van der Waals surface area (Å²) in [6.45, 7) is 9.37. The molecular formula is C23H46N2. The molecular weight excluding hydrogens is 304 g/mol. The van der Waals surface area contributed by atoms with Gasteiger partial charge in [-0.1, -0.05) is 91.4 Å². The number of hydrogen-bond acceptors (Lipinski definition) is 2. The lowest BCUT2D eigenvalue weighted by Gasteiger charge is -2.33. The summed E-state index contributed by atoms with van der Waals surface area (Å²) in [6, 6.07) is 0. The van der Waals surface area contributed by atoms with E-state index in [0.29, 0.717) is 6.17 Å². The quantitative estimate of drug-likeness (QED) is 0.254. The highest BCUT2D eigenvalue weighted by molar-refractivity contribution is 4.96. The van der Waals surface area contributed by atoms with Crippen LogP contribution < -0.4 is 0 Å². The zero-order valence-electron chi connectivity index (χ0n) is 17.6. The highest BCUT2D eigenvalue weighted by Gasteiger charge is 2.24. The van der Waals surface area contributed by atoms with Gasteiger partial charge in [-0.15, -0.1) is 0 Å². The Morgan fingerprint density at radius 1 is 0.520 bits per heavy atom. The number of unbranched alkanes of at least 4 members (excludes halogenated alkanes) is 11. The van der Waals surface area contributed by atoms with E-state index in [9.17, 15) is 0 Å². The topological polar surface area (TPSA) is 6.48 Å². The molecule has 1 aliphatic rings. The first-order valence-electron chi connectivity index (χ1n) is 11.5. The summed E-state index contributed by atoms with van der Waals surface area (Å²) in [4.78, 5) is 5.22. The monoisotopic (exact) mass is 350 g/mol. The lowest BCUT2D eigenvalue weighted by Crippen LogP contribution is -2.39. The lowest BCUT2D eigenvalue weighted by molar-refractivity contribution is 0.137. The van der Waals surface area contributed by atoms with Crippen LogP contribution >= 0.6 is 0 Å². The minimum atomic E-state index is 0.645. The molecule has 0 radical (unpaired) electrons. The van der Waals surface area contributed by atoms with Gasteiger partial charge in [-0.2, -0.15) is 0 Å². The van der Waals surface area contributed by atoms with Crippen molar-refractivity contribution in [2.24, 2.45) is 0 Å². The molecule has 0 amide bonds. The molecule has 1 rings (SSSR count). The van der Waals surface area contributed by atoms with Crippen molar-refractivity contribution < 1.29 is 0 Å². The molecule has 0 fully saturated rings. The SMILES string of the molecule is CCCCCCCCCN1C=CN(CCC)C1CCCCCCCC. The lowest BCUT2D eigenvalue weighted by atomic mass is 10.1. The molecule has 0 aromatic rings. The molecule has 148 valence electrons. The van der Waals surface area contributed by atoms with Crippen molar-refractivity contribution in [3.8, 4) is 0 Å². The van der Waals surface area contributed by atoms with E-state index in [4.69, 9.17) is 0 Å². The third-order valence-corrected chi connectivity index (χ3v) is 5.53. The van der Waals surface area contributed by atoms with Gasteiger partial charge in [0.1, 0.15) is 6.17 Å². The van der Waals surface area contributed by atoms with Crippen LogP contribution in [0.4, 0.5) is 0 Å². The van der Waals surface area contributed by atoms with Gasteiger partial charge >= 0.3 is 0 Å². The van der Waals surface area contributed by atoms with Crippen molar-refractivity contribution in [2.45, 2.75) is 123 Å². The highest BCUT2D eigenvalue weighted by Crippen LogP contribution is 2.23. The fraction of sp³-hybridized carbons (Fsp3) is 0.913. The van der Waals surface area contributed by atoms with Crippen LogP contribution in [0.1, 0.15) is 117 Å². The zero-order valence-corrected chi connectivity index (χ0v) is 17.6. The Labute approximate surface area is 159 Å². The van der Waals surface area contributed by atoms with E-state index in [2.05, 4.69) is 43.0 Å². The smallest absolute Gasteiger partial charge is 0.101 e. The van der Waals surface area contributed by atoms with Crippen molar-refractivity contribution >= 4 is 0 Å². The van der Waals surface area contributed by atoms with Crippen LogP contribution in [0.3, 0.4) is 0 Å². The van der Waals surface area contributed by atoms with E-state index in [1.165, 1.54) is 109 Å². The Hall–Kier alpha value is -0.660. The Kier molecular flexibility index (Phi) is 14.0. The van der Waals surface area contributed by atoms with E-state index in [1.54, 1.807) is 0 Å². The second kappa shape index (κ2) is 15.6. The van der Waals surface area contributed by atoms with E-state index < -0.39 is 0 Å². The van der Waals surface area contributed by atoms with E-state index in [-0.39, 0.29) is 0 Å². The van der Waals surface area contributed by atoms with Crippen molar-refractivity contribution in [2.75, 3.05) is 13.1 Å². The fourth-order valence-electron chi connectivity index (χ4n) is 3.96. The van der Waals surface area contributed by atoms with Gasteiger partial charge < -0.3 is 9.80 Å². The summed E-state index contributed by atoms with van der Waals surface area (Å²) in [5.74, 6) is 0. The third-order valence-electron chi connectivity index (χ3n) is 5.53. The number of nitrogens with zero attached hydrogens (tertiary/aromatic N) is 2. The first kappa shape index (κ1) is 22.4. The minimum absolute atomic E-state index is 0.645. The van der Waals surface area contributed by atoms with Crippen LogP contribution in [-0.4, -0.2) is 29.1 Å². The molecule has 1 atom stereocenters. The van der Waals surface area contributed by atoms with E-state index >= 15 is 0 Å². The molecule has 1 heterocycles. The maximum Gasteiger partial charge on any atom is 0.101 e. The third kappa shape index (κ3) is 10.2. The van der Waals surface area contributed by atoms with Gasteiger partial charge in [-0.3, -0.25) is 0 Å². The summed E-state index contributed by atoms with van der Waals surface area (Å²) < 4.78 is 0. The van der Waals surface area contributed by atoms with Gasteiger partial charge in [0.15, 0.2) is 0 Å². The number of rotatable bonds is 17. The van der Waals surface area contributed by atoms with Crippen LogP contribution in [0.2, 0.25) is 0 Å². The van der Waals surface area contributed by atoms with Gasteiger partial charge in [-0.05, 0) is 25.7 Å². The number of hydrogen-bond donors (Lipinski definition) is 0. The minimum Gasteiger partial charge on any atom is -0.356 e. The molecule has 0 saturated carbocycles. The van der Waals surface area contributed by atoms with Crippen LogP contribution in [0.25, 0.3) is 0 Å². The van der Waals surface area contributed by atoms with Crippen molar-refractivity contribution in [3.63, 3.8) is 0 Å². The molecule has 1 unspecified atom stereocenters. The molecule has 1 aliphatic heterocycles. The summed E-state index contributed by atoms with van der Waals surface area (Å²) in [5, 5.41) is 0. The van der Waals surface area contributed by atoms with Crippen LogP contribution in [0.15, 0.2) is 12.4 Å².